The minimum Gasteiger partial charge on any atom is -0.368 e. The van der Waals surface area contributed by atoms with E-state index in [1.54, 1.807) is 13.4 Å². The number of aromatic nitrogens is 3. The highest BCUT2D eigenvalue weighted by molar-refractivity contribution is 5.81. The van der Waals surface area contributed by atoms with Crippen LogP contribution in [0.4, 0.5) is 11.4 Å². The van der Waals surface area contributed by atoms with E-state index in [2.05, 4.69) is 31.9 Å². The summed E-state index contributed by atoms with van der Waals surface area (Å²) in [6.07, 6.45) is 3.45. The predicted octanol–water partition coefficient (Wildman–Crippen LogP) is 1.96. The van der Waals surface area contributed by atoms with Crippen LogP contribution in [0.5, 0.6) is 0 Å². The largest absolute Gasteiger partial charge is 0.368 e. The molecule has 128 valence electrons. The highest BCUT2D eigenvalue weighted by Crippen LogP contribution is 2.22. The molecule has 25 heavy (non-hydrogen) atoms. The van der Waals surface area contributed by atoms with Gasteiger partial charge in [0, 0.05) is 56.5 Å². The number of aryl methyl sites for hydroxylation is 2. The monoisotopic (exact) mass is 335 g/mol. The normalized spacial score (nSPS) is 15.0. The van der Waals surface area contributed by atoms with Crippen LogP contribution in [0.25, 0.3) is 10.9 Å². The standard InChI is InChI=1S/C19H21N5O/c1-14-11-16(5-6-20-14)24-9-7-23(8-10-24)15-3-4-17-18(12-15)21-13-22(2)19(17)25/h3-6,11-13H,7-10H2,1-2H3. The molecule has 3 heterocycles. The molecule has 0 unspecified atom stereocenters. The molecule has 0 amide bonds. The fraction of sp³-hybridized carbons (Fsp3) is 0.316. The van der Waals surface area contributed by atoms with Crippen molar-refractivity contribution >= 4 is 22.3 Å². The Morgan fingerprint density at radius 2 is 1.60 bits per heavy atom. The van der Waals surface area contributed by atoms with Crippen molar-refractivity contribution in [2.24, 2.45) is 7.05 Å². The highest BCUT2D eigenvalue weighted by atomic mass is 16.1. The van der Waals surface area contributed by atoms with Crippen molar-refractivity contribution in [3.63, 3.8) is 0 Å². The highest BCUT2D eigenvalue weighted by Gasteiger charge is 2.18. The van der Waals surface area contributed by atoms with Crippen molar-refractivity contribution in [3.8, 4) is 0 Å². The van der Waals surface area contributed by atoms with E-state index in [4.69, 9.17) is 0 Å². The number of benzene rings is 1. The van der Waals surface area contributed by atoms with E-state index in [-0.39, 0.29) is 5.56 Å². The van der Waals surface area contributed by atoms with Crippen molar-refractivity contribution in [2.45, 2.75) is 6.92 Å². The summed E-state index contributed by atoms with van der Waals surface area (Å²) < 4.78 is 1.51. The molecule has 6 nitrogen and oxygen atoms in total. The zero-order chi connectivity index (χ0) is 17.4. The van der Waals surface area contributed by atoms with Crippen molar-refractivity contribution in [3.05, 3.63) is 58.9 Å². The average molecular weight is 335 g/mol. The molecule has 0 saturated carbocycles. The predicted molar refractivity (Wildman–Crippen MR) is 100 cm³/mol. The van der Waals surface area contributed by atoms with Gasteiger partial charge in [0.05, 0.1) is 17.2 Å². The fourth-order valence-electron chi connectivity index (χ4n) is 3.35. The van der Waals surface area contributed by atoms with Gasteiger partial charge in [0.15, 0.2) is 0 Å². The number of nitrogens with zero attached hydrogens (tertiary/aromatic N) is 5. The maximum absolute atomic E-state index is 12.1. The summed E-state index contributed by atoms with van der Waals surface area (Å²) in [6, 6.07) is 10.1. The quantitative estimate of drug-likeness (QED) is 0.717. The van der Waals surface area contributed by atoms with Gasteiger partial charge in [0.25, 0.3) is 5.56 Å². The van der Waals surface area contributed by atoms with Crippen molar-refractivity contribution in [1.29, 1.82) is 0 Å². The fourth-order valence-corrected chi connectivity index (χ4v) is 3.35. The zero-order valence-electron chi connectivity index (χ0n) is 14.5. The van der Waals surface area contributed by atoms with Crippen LogP contribution in [0.3, 0.4) is 0 Å². The lowest BCUT2D eigenvalue weighted by molar-refractivity contribution is 0.653. The van der Waals surface area contributed by atoms with Crippen LogP contribution >= 0.6 is 0 Å². The van der Waals surface area contributed by atoms with Crippen molar-refractivity contribution in [1.82, 2.24) is 14.5 Å². The second kappa shape index (κ2) is 6.20. The Morgan fingerprint density at radius 3 is 2.28 bits per heavy atom. The molecule has 0 atom stereocenters. The van der Waals surface area contributed by atoms with Crippen LogP contribution in [0.1, 0.15) is 5.69 Å². The first kappa shape index (κ1) is 15.6. The van der Waals surface area contributed by atoms with E-state index in [1.807, 2.05) is 31.3 Å². The smallest absolute Gasteiger partial charge is 0.260 e. The van der Waals surface area contributed by atoms with Gasteiger partial charge < -0.3 is 14.4 Å². The molecule has 0 spiro atoms. The molecular formula is C19H21N5O. The molecule has 1 fully saturated rings. The molecule has 0 N–H and O–H groups in total. The SMILES string of the molecule is Cc1cc(N2CCN(c3ccc4c(=O)n(C)cnc4c3)CC2)ccn1. The lowest BCUT2D eigenvalue weighted by atomic mass is 10.2. The summed E-state index contributed by atoms with van der Waals surface area (Å²) >= 11 is 0. The van der Waals surface area contributed by atoms with E-state index in [0.29, 0.717) is 5.39 Å². The Morgan fingerprint density at radius 1 is 0.920 bits per heavy atom. The summed E-state index contributed by atoms with van der Waals surface area (Å²) in [5.74, 6) is 0. The van der Waals surface area contributed by atoms with Crippen LogP contribution < -0.4 is 15.4 Å². The number of pyridine rings is 1. The number of anilines is 2. The molecule has 0 radical (unpaired) electrons. The first-order valence-corrected chi connectivity index (χ1v) is 8.50. The van der Waals surface area contributed by atoms with Gasteiger partial charge in [0.1, 0.15) is 0 Å². The molecule has 0 bridgehead atoms. The molecule has 6 heteroatoms. The number of rotatable bonds is 2. The molecular weight excluding hydrogens is 314 g/mol. The Bertz CT molecular complexity index is 973. The molecule has 1 aliphatic rings. The second-order valence-electron chi connectivity index (χ2n) is 6.49. The number of fused-ring (bicyclic) bond motifs is 1. The van der Waals surface area contributed by atoms with E-state index in [1.165, 1.54) is 10.3 Å². The second-order valence-corrected chi connectivity index (χ2v) is 6.49. The van der Waals surface area contributed by atoms with Gasteiger partial charge in [-0.25, -0.2) is 4.98 Å². The van der Waals surface area contributed by atoms with Gasteiger partial charge in [-0.05, 0) is 37.3 Å². The van der Waals surface area contributed by atoms with Gasteiger partial charge >= 0.3 is 0 Å². The van der Waals surface area contributed by atoms with E-state index < -0.39 is 0 Å². The van der Waals surface area contributed by atoms with E-state index >= 15 is 0 Å². The van der Waals surface area contributed by atoms with Gasteiger partial charge in [-0.1, -0.05) is 0 Å². The third-order valence-corrected chi connectivity index (χ3v) is 4.79. The van der Waals surface area contributed by atoms with E-state index in [9.17, 15) is 4.79 Å². The summed E-state index contributed by atoms with van der Waals surface area (Å²) in [5.41, 5.74) is 4.15. The Labute approximate surface area is 146 Å². The van der Waals surface area contributed by atoms with Gasteiger partial charge in [-0.3, -0.25) is 9.78 Å². The first-order valence-electron chi connectivity index (χ1n) is 8.50. The number of hydrogen-bond donors (Lipinski definition) is 0. The molecule has 4 rings (SSSR count). The minimum atomic E-state index is -0.00516. The summed E-state index contributed by atoms with van der Waals surface area (Å²) in [5, 5.41) is 0.666. The van der Waals surface area contributed by atoms with Gasteiger partial charge in [-0.15, -0.1) is 0 Å². The molecule has 2 aromatic heterocycles. The Kier molecular flexibility index (Phi) is 3.87. The average Bonchev–Trinajstić information content (AvgIpc) is 2.65. The molecule has 1 aliphatic heterocycles. The molecule has 1 aromatic carbocycles. The Hall–Kier alpha value is -2.89. The molecule has 3 aromatic rings. The van der Waals surface area contributed by atoms with Crippen LogP contribution in [0.15, 0.2) is 47.7 Å². The van der Waals surface area contributed by atoms with Crippen molar-refractivity contribution in [2.75, 3.05) is 36.0 Å². The lowest BCUT2D eigenvalue weighted by Gasteiger charge is -2.37. The third-order valence-electron chi connectivity index (χ3n) is 4.79. The third kappa shape index (κ3) is 2.95. The van der Waals surface area contributed by atoms with Crippen LogP contribution in [-0.2, 0) is 7.05 Å². The molecule has 0 aliphatic carbocycles. The van der Waals surface area contributed by atoms with Crippen LogP contribution in [-0.4, -0.2) is 40.7 Å². The summed E-state index contributed by atoms with van der Waals surface area (Å²) in [6.45, 7) is 5.83. The number of hydrogen-bond acceptors (Lipinski definition) is 5. The van der Waals surface area contributed by atoms with Crippen LogP contribution in [0, 0.1) is 6.92 Å². The maximum Gasteiger partial charge on any atom is 0.260 e. The van der Waals surface area contributed by atoms with Gasteiger partial charge in [-0.2, -0.15) is 0 Å². The van der Waals surface area contributed by atoms with E-state index in [0.717, 1.165) is 43.1 Å². The van der Waals surface area contributed by atoms with Gasteiger partial charge in [0.2, 0.25) is 0 Å². The number of piperazine rings is 1. The maximum atomic E-state index is 12.1. The zero-order valence-corrected chi connectivity index (χ0v) is 14.5. The topological polar surface area (TPSA) is 54.3 Å². The summed E-state index contributed by atoms with van der Waals surface area (Å²) in [7, 11) is 1.72. The minimum absolute atomic E-state index is 0.00516. The Balaban J connectivity index is 1.53. The summed E-state index contributed by atoms with van der Waals surface area (Å²) in [4.78, 5) is 25.5. The lowest BCUT2D eigenvalue weighted by Crippen LogP contribution is -2.46. The molecule has 1 saturated heterocycles. The first-order chi connectivity index (χ1) is 12.1. The van der Waals surface area contributed by atoms with Crippen molar-refractivity contribution < 1.29 is 0 Å². The van der Waals surface area contributed by atoms with Crippen LogP contribution in [0.2, 0.25) is 0 Å².